The highest BCUT2D eigenvalue weighted by molar-refractivity contribution is 7.17. The smallest absolute Gasteiger partial charge is 0.137 e. The average Bonchev–Trinajstić information content (AvgIpc) is 4.08. The lowest BCUT2D eigenvalue weighted by Gasteiger charge is -2.55. The molecule has 0 fully saturated rings. The van der Waals surface area contributed by atoms with Gasteiger partial charge in [0.15, 0.2) is 0 Å². The second-order valence-electron chi connectivity index (χ2n) is 18.3. The van der Waals surface area contributed by atoms with Crippen molar-refractivity contribution in [2.45, 2.75) is 49.4 Å². The molecule has 3 aromatic heterocycles. The predicted molar refractivity (Wildman–Crippen MR) is 259 cm³/mol. The van der Waals surface area contributed by atoms with E-state index in [2.05, 4.69) is 220 Å². The number of benzene rings is 7. The van der Waals surface area contributed by atoms with E-state index in [0.717, 1.165) is 33.3 Å². The number of hydrogen-bond donors (Lipinski definition) is 0. The Bertz CT molecular complexity index is 3200. The fourth-order valence-corrected chi connectivity index (χ4v) is 14.8. The maximum absolute atomic E-state index is 6.58. The van der Waals surface area contributed by atoms with E-state index in [1.807, 2.05) is 22.7 Å². The topological polar surface area (TPSA) is 16.4 Å². The summed E-state index contributed by atoms with van der Waals surface area (Å²) in [6.45, 7) is 9.67. The third-order valence-electron chi connectivity index (χ3n) is 14.7. The van der Waals surface area contributed by atoms with E-state index in [1.54, 1.807) is 0 Å². The largest absolute Gasteiger partial charge is 0.456 e. The van der Waals surface area contributed by atoms with Gasteiger partial charge in [0.25, 0.3) is 0 Å². The average molecular weight is 834 g/mol. The Kier molecular flexibility index (Phi) is 7.34. The van der Waals surface area contributed by atoms with Gasteiger partial charge < -0.3 is 9.32 Å². The number of thiophene rings is 2. The van der Waals surface area contributed by atoms with Gasteiger partial charge in [-0.1, -0.05) is 167 Å². The Balaban J connectivity index is 1.24. The molecule has 0 bridgehead atoms. The van der Waals surface area contributed by atoms with E-state index >= 15 is 0 Å². The molecular weight excluding hydrogens is 791 g/mol. The fraction of sp³-hybridized carbons (Fsp3) is 0.138. The number of para-hydroxylation sites is 2. The first-order chi connectivity index (χ1) is 30.3. The van der Waals surface area contributed by atoms with E-state index in [1.165, 1.54) is 70.4 Å². The molecule has 0 amide bonds. The SMILES string of the molecule is CC1(C)c2ccccc2C2(c3ccccc31)c1cc(N(c3ccccc3)c3cccc4oc5ccccc5c34)sc1C1(c3ccccc3C(C)(C)c3ccccc31)c1ccsc12. The van der Waals surface area contributed by atoms with Crippen molar-refractivity contribution in [2.75, 3.05) is 4.90 Å². The van der Waals surface area contributed by atoms with Crippen molar-refractivity contribution in [2.24, 2.45) is 0 Å². The van der Waals surface area contributed by atoms with Crippen molar-refractivity contribution in [3.63, 3.8) is 0 Å². The van der Waals surface area contributed by atoms with E-state index in [-0.39, 0.29) is 10.8 Å². The Hall–Kier alpha value is -6.46. The van der Waals surface area contributed by atoms with Gasteiger partial charge in [0.2, 0.25) is 0 Å². The van der Waals surface area contributed by atoms with Crippen LogP contribution in [0.15, 0.2) is 192 Å². The highest BCUT2D eigenvalue weighted by Crippen LogP contribution is 2.70. The van der Waals surface area contributed by atoms with Crippen LogP contribution < -0.4 is 4.90 Å². The molecule has 0 N–H and O–H groups in total. The first-order valence-corrected chi connectivity index (χ1v) is 23.4. The van der Waals surface area contributed by atoms with Crippen LogP contribution in [0.1, 0.15) is 93.1 Å². The second kappa shape index (κ2) is 12.6. The van der Waals surface area contributed by atoms with Crippen LogP contribution in [0, 0.1) is 0 Å². The normalized spacial score (nSPS) is 16.6. The van der Waals surface area contributed by atoms with Crippen molar-refractivity contribution in [1.29, 1.82) is 0 Å². The highest BCUT2D eigenvalue weighted by atomic mass is 32.1. The van der Waals surface area contributed by atoms with Gasteiger partial charge in [-0.3, -0.25) is 0 Å². The Morgan fingerprint density at radius 3 is 1.48 bits per heavy atom. The molecule has 0 aliphatic heterocycles. The lowest BCUT2D eigenvalue weighted by Crippen LogP contribution is -2.50. The second-order valence-corrected chi connectivity index (χ2v) is 20.3. The molecule has 298 valence electrons. The summed E-state index contributed by atoms with van der Waals surface area (Å²) in [7, 11) is 0. The third kappa shape index (κ3) is 4.34. The lowest BCUT2D eigenvalue weighted by molar-refractivity contribution is 0.522. The van der Waals surface area contributed by atoms with Gasteiger partial charge >= 0.3 is 0 Å². The van der Waals surface area contributed by atoms with E-state index < -0.39 is 10.8 Å². The molecule has 7 aromatic carbocycles. The van der Waals surface area contributed by atoms with Gasteiger partial charge in [0.05, 0.1) is 21.9 Å². The molecule has 0 saturated heterocycles. The quantitative estimate of drug-likeness (QED) is 0.176. The molecule has 2 nitrogen and oxygen atoms in total. The van der Waals surface area contributed by atoms with Crippen molar-refractivity contribution >= 4 is 61.0 Å². The van der Waals surface area contributed by atoms with Crippen LogP contribution in [0.5, 0.6) is 0 Å². The number of anilines is 3. The van der Waals surface area contributed by atoms with E-state index in [9.17, 15) is 0 Å². The Morgan fingerprint density at radius 2 is 0.903 bits per heavy atom. The van der Waals surface area contributed by atoms with Crippen molar-refractivity contribution in [3.8, 4) is 0 Å². The van der Waals surface area contributed by atoms with Crippen molar-refractivity contribution in [1.82, 2.24) is 0 Å². The van der Waals surface area contributed by atoms with E-state index in [4.69, 9.17) is 4.42 Å². The molecular formula is C58H43NOS2. The van der Waals surface area contributed by atoms with Crippen LogP contribution in [0.3, 0.4) is 0 Å². The monoisotopic (exact) mass is 833 g/mol. The number of nitrogens with zero attached hydrogens (tertiary/aromatic N) is 1. The lowest BCUT2D eigenvalue weighted by atomic mass is 9.48. The predicted octanol–water partition coefficient (Wildman–Crippen LogP) is 15.5. The van der Waals surface area contributed by atoms with Crippen LogP contribution in [-0.2, 0) is 21.7 Å². The molecule has 10 aromatic rings. The fourth-order valence-electron chi connectivity index (χ4n) is 12.2. The molecule has 0 radical (unpaired) electrons. The Morgan fingerprint density at radius 1 is 0.419 bits per heavy atom. The summed E-state index contributed by atoms with van der Waals surface area (Å²) in [5, 5.41) is 5.78. The van der Waals surface area contributed by atoms with E-state index in [0.29, 0.717) is 0 Å². The minimum atomic E-state index is -0.574. The summed E-state index contributed by atoms with van der Waals surface area (Å²) in [5.41, 5.74) is 16.2. The molecule has 3 aliphatic carbocycles. The van der Waals surface area contributed by atoms with Gasteiger partial charge in [0.1, 0.15) is 16.2 Å². The number of furan rings is 1. The summed E-state index contributed by atoms with van der Waals surface area (Å²) < 4.78 is 6.58. The summed E-state index contributed by atoms with van der Waals surface area (Å²) >= 11 is 3.90. The summed E-state index contributed by atoms with van der Waals surface area (Å²) in [5.74, 6) is 0. The van der Waals surface area contributed by atoms with Crippen LogP contribution in [-0.4, -0.2) is 0 Å². The zero-order chi connectivity index (χ0) is 41.6. The molecule has 4 heteroatoms. The molecule has 13 rings (SSSR count). The first-order valence-electron chi connectivity index (χ1n) is 21.7. The summed E-state index contributed by atoms with van der Waals surface area (Å²) in [6, 6.07) is 68.4. The van der Waals surface area contributed by atoms with Gasteiger partial charge in [-0.25, -0.2) is 0 Å². The molecule has 0 saturated carbocycles. The highest BCUT2D eigenvalue weighted by Gasteiger charge is 2.62. The summed E-state index contributed by atoms with van der Waals surface area (Å²) in [6.07, 6.45) is 0. The van der Waals surface area contributed by atoms with Crippen LogP contribution >= 0.6 is 22.7 Å². The maximum Gasteiger partial charge on any atom is 0.137 e. The molecule has 62 heavy (non-hydrogen) atoms. The third-order valence-corrected chi connectivity index (χ3v) is 17.0. The standard InChI is InChI=1S/C58H43NOS2/c1-55(2)38-22-9-13-26-42(38)57(43-27-14-10-23-39(43)55)46-33-34-61-53(46)58(44-28-15-11-24-40(44)56(3,4)41-25-12-16-29-45(41)58)47-35-51(62-54(47)57)59(36-19-6-5-7-20-36)48-30-18-32-50-52(48)37-21-8-17-31-49(37)60-50/h5-35H,1-4H3. The minimum Gasteiger partial charge on any atom is -0.456 e. The van der Waals surface area contributed by atoms with Crippen LogP contribution in [0.25, 0.3) is 21.9 Å². The maximum atomic E-state index is 6.58. The Labute approximate surface area is 370 Å². The zero-order valence-corrected chi connectivity index (χ0v) is 36.7. The minimum absolute atomic E-state index is 0.202. The van der Waals surface area contributed by atoms with Crippen molar-refractivity contribution in [3.05, 3.63) is 253 Å². The van der Waals surface area contributed by atoms with Crippen molar-refractivity contribution < 1.29 is 4.42 Å². The van der Waals surface area contributed by atoms with Crippen LogP contribution in [0.2, 0.25) is 0 Å². The van der Waals surface area contributed by atoms with Gasteiger partial charge in [-0.15, -0.1) is 22.7 Å². The van der Waals surface area contributed by atoms with Crippen LogP contribution in [0.4, 0.5) is 16.4 Å². The van der Waals surface area contributed by atoms with Gasteiger partial charge in [-0.2, -0.15) is 0 Å². The molecule has 0 atom stereocenters. The molecule has 2 spiro atoms. The zero-order valence-electron chi connectivity index (χ0n) is 35.1. The van der Waals surface area contributed by atoms with Gasteiger partial charge in [0, 0.05) is 31.7 Å². The molecule has 3 aliphatic rings. The van der Waals surface area contributed by atoms with Gasteiger partial charge in [-0.05, 0) is 103 Å². The molecule has 3 heterocycles. The number of rotatable bonds is 3. The summed E-state index contributed by atoms with van der Waals surface area (Å²) in [4.78, 5) is 5.30. The number of fused-ring (bicyclic) bond motifs is 17. The first kappa shape index (κ1) is 36.2. The molecule has 0 unspecified atom stereocenters. The number of hydrogen-bond acceptors (Lipinski definition) is 4.